The van der Waals surface area contributed by atoms with Crippen molar-refractivity contribution in [2.45, 2.75) is 12.8 Å². The van der Waals surface area contributed by atoms with Gasteiger partial charge in [0.25, 0.3) is 5.91 Å². The van der Waals surface area contributed by atoms with E-state index in [4.69, 9.17) is 4.42 Å². The van der Waals surface area contributed by atoms with E-state index in [1.165, 1.54) is 24.7 Å². The molecule has 4 rings (SSSR count). The number of rotatable bonds is 2. The number of benzene rings is 1. The van der Waals surface area contributed by atoms with Crippen LogP contribution in [0, 0.1) is 11.2 Å². The standard InChI is InChI=1S/C18H17FN2O3/c19-14-2-1-3-15(8-14)21-12-18(9-16(21)22)5-6-20(11-18)17(23)13-4-7-24-10-13/h1-4,7-8,10H,5-6,9,11-12H2/t18-/m0/s1. The van der Waals surface area contributed by atoms with Crippen molar-refractivity contribution in [1.29, 1.82) is 0 Å². The first-order valence-electron chi connectivity index (χ1n) is 7.94. The zero-order valence-corrected chi connectivity index (χ0v) is 13.1. The quantitative estimate of drug-likeness (QED) is 0.852. The summed E-state index contributed by atoms with van der Waals surface area (Å²) >= 11 is 0. The van der Waals surface area contributed by atoms with Crippen LogP contribution in [-0.2, 0) is 4.79 Å². The summed E-state index contributed by atoms with van der Waals surface area (Å²) in [4.78, 5) is 28.3. The maximum absolute atomic E-state index is 13.4. The summed E-state index contributed by atoms with van der Waals surface area (Å²) in [5.74, 6) is -0.445. The van der Waals surface area contributed by atoms with Crippen LogP contribution in [0.3, 0.4) is 0 Å². The van der Waals surface area contributed by atoms with Gasteiger partial charge < -0.3 is 14.2 Å². The van der Waals surface area contributed by atoms with E-state index in [2.05, 4.69) is 0 Å². The molecule has 0 N–H and O–H groups in total. The molecule has 1 aromatic heterocycles. The van der Waals surface area contributed by atoms with Gasteiger partial charge in [0.15, 0.2) is 0 Å². The summed E-state index contributed by atoms with van der Waals surface area (Å²) in [5, 5.41) is 0. The first kappa shape index (κ1) is 14.9. The molecule has 0 bridgehead atoms. The van der Waals surface area contributed by atoms with Crippen LogP contribution < -0.4 is 4.90 Å². The summed E-state index contributed by atoms with van der Waals surface area (Å²) < 4.78 is 18.4. The normalized spacial score (nSPS) is 23.5. The summed E-state index contributed by atoms with van der Waals surface area (Å²) in [6, 6.07) is 7.73. The number of carbonyl (C=O) groups is 2. The lowest BCUT2D eigenvalue weighted by Gasteiger charge is -2.24. The third-order valence-electron chi connectivity index (χ3n) is 4.93. The van der Waals surface area contributed by atoms with Crippen LogP contribution in [0.2, 0.25) is 0 Å². The number of carbonyl (C=O) groups excluding carboxylic acids is 2. The molecular weight excluding hydrogens is 311 g/mol. The zero-order chi connectivity index (χ0) is 16.7. The van der Waals surface area contributed by atoms with Crippen molar-refractivity contribution in [3.63, 3.8) is 0 Å². The van der Waals surface area contributed by atoms with E-state index in [0.29, 0.717) is 37.3 Å². The van der Waals surface area contributed by atoms with Gasteiger partial charge in [-0.1, -0.05) is 6.07 Å². The Balaban J connectivity index is 1.51. The molecule has 0 radical (unpaired) electrons. The van der Waals surface area contributed by atoms with Crippen molar-refractivity contribution in [1.82, 2.24) is 4.90 Å². The largest absolute Gasteiger partial charge is 0.472 e. The van der Waals surface area contributed by atoms with Crippen molar-refractivity contribution in [3.05, 3.63) is 54.2 Å². The predicted molar refractivity (Wildman–Crippen MR) is 85.0 cm³/mol. The molecule has 5 nitrogen and oxygen atoms in total. The van der Waals surface area contributed by atoms with Gasteiger partial charge >= 0.3 is 0 Å². The van der Waals surface area contributed by atoms with Crippen molar-refractivity contribution < 1.29 is 18.4 Å². The van der Waals surface area contributed by atoms with Gasteiger partial charge in [0.2, 0.25) is 5.91 Å². The summed E-state index contributed by atoms with van der Waals surface area (Å²) in [7, 11) is 0. The third-order valence-corrected chi connectivity index (χ3v) is 4.93. The van der Waals surface area contributed by atoms with Crippen LogP contribution in [0.5, 0.6) is 0 Å². The average molecular weight is 328 g/mol. The van der Waals surface area contributed by atoms with Crippen molar-refractivity contribution in [2.24, 2.45) is 5.41 Å². The molecule has 1 spiro atoms. The van der Waals surface area contributed by atoms with Gasteiger partial charge in [0, 0.05) is 37.2 Å². The fourth-order valence-corrected chi connectivity index (χ4v) is 3.73. The van der Waals surface area contributed by atoms with Crippen LogP contribution in [-0.4, -0.2) is 36.3 Å². The highest BCUT2D eigenvalue weighted by Gasteiger charge is 2.48. The van der Waals surface area contributed by atoms with Crippen LogP contribution >= 0.6 is 0 Å². The topological polar surface area (TPSA) is 53.8 Å². The minimum atomic E-state index is -0.357. The average Bonchev–Trinajstić information content (AvgIpc) is 3.28. The van der Waals surface area contributed by atoms with Gasteiger partial charge in [-0.3, -0.25) is 9.59 Å². The molecule has 0 aliphatic carbocycles. The minimum absolute atomic E-state index is 0.0155. The van der Waals surface area contributed by atoms with Crippen molar-refractivity contribution >= 4 is 17.5 Å². The number of anilines is 1. The lowest BCUT2D eigenvalue weighted by atomic mass is 9.86. The minimum Gasteiger partial charge on any atom is -0.472 e. The molecule has 2 aromatic rings. The Kier molecular flexibility index (Phi) is 3.40. The molecule has 124 valence electrons. The Labute approximate surface area is 138 Å². The Bertz CT molecular complexity index is 789. The van der Waals surface area contributed by atoms with Gasteiger partial charge in [-0.25, -0.2) is 4.39 Å². The van der Waals surface area contributed by atoms with Gasteiger partial charge in [-0.2, -0.15) is 0 Å². The smallest absolute Gasteiger partial charge is 0.257 e. The van der Waals surface area contributed by atoms with Gasteiger partial charge in [0.05, 0.1) is 11.8 Å². The molecule has 2 fully saturated rings. The SMILES string of the molecule is O=C(c1ccoc1)N1CC[C@]2(CC(=O)N(c3cccc(F)c3)C2)C1. The van der Waals surface area contributed by atoms with Gasteiger partial charge in [-0.05, 0) is 30.7 Å². The summed E-state index contributed by atoms with van der Waals surface area (Å²) in [6.45, 7) is 1.67. The molecule has 2 amide bonds. The maximum atomic E-state index is 13.4. The monoisotopic (exact) mass is 328 g/mol. The van der Waals surface area contributed by atoms with Gasteiger partial charge in [-0.15, -0.1) is 0 Å². The highest BCUT2D eigenvalue weighted by molar-refractivity contribution is 5.97. The number of furan rings is 1. The lowest BCUT2D eigenvalue weighted by molar-refractivity contribution is -0.117. The van der Waals surface area contributed by atoms with E-state index in [1.54, 1.807) is 28.0 Å². The second-order valence-electron chi connectivity index (χ2n) is 6.63. The van der Waals surface area contributed by atoms with Crippen LogP contribution in [0.1, 0.15) is 23.2 Å². The fraction of sp³-hybridized carbons (Fsp3) is 0.333. The van der Waals surface area contributed by atoms with E-state index >= 15 is 0 Å². The fourth-order valence-electron chi connectivity index (χ4n) is 3.73. The molecule has 2 saturated heterocycles. The summed E-state index contributed by atoms with van der Waals surface area (Å²) in [5.41, 5.74) is 0.859. The molecule has 0 unspecified atom stereocenters. The van der Waals surface area contributed by atoms with Crippen molar-refractivity contribution in [2.75, 3.05) is 24.5 Å². The Morgan fingerprint density at radius 3 is 2.88 bits per heavy atom. The van der Waals surface area contributed by atoms with E-state index in [-0.39, 0.29) is 23.0 Å². The second-order valence-corrected chi connectivity index (χ2v) is 6.63. The third kappa shape index (κ3) is 2.48. The highest BCUT2D eigenvalue weighted by Crippen LogP contribution is 2.42. The molecule has 0 saturated carbocycles. The van der Waals surface area contributed by atoms with Crippen LogP contribution in [0.4, 0.5) is 10.1 Å². The molecule has 24 heavy (non-hydrogen) atoms. The zero-order valence-electron chi connectivity index (χ0n) is 13.1. The van der Waals surface area contributed by atoms with Crippen LogP contribution in [0.25, 0.3) is 0 Å². The second kappa shape index (κ2) is 5.47. The van der Waals surface area contributed by atoms with Gasteiger partial charge in [0.1, 0.15) is 12.1 Å². The number of nitrogens with zero attached hydrogens (tertiary/aromatic N) is 2. The number of hydrogen-bond donors (Lipinski definition) is 0. The number of likely N-dealkylation sites (tertiary alicyclic amines) is 1. The van der Waals surface area contributed by atoms with Crippen molar-refractivity contribution in [3.8, 4) is 0 Å². The molecule has 2 aliphatic heterocycles. The van der Waals surface area contributed by atoms with E-state index in [0.717, 1.165) is 6.42 Å². The number of amides is 2. The Morgan fingerprint density at radius 1 is 1.25 bits per heavy atom. The predicted octanol–water partition coefficient (Wildman–Crippen LogP) is 2.69. The molecule has 6 heteroatoms. The summed E-state index contributed by atoms with van der Waals surface area (Å²) in [6.07, 6.45) is 4.07. The number of halogens is 1. The van der Waals surface area contributed by atoms with E-state index in [9.17, 15) is 14.0 Å². The Hall–Kier alpha value is -2.63. The molecule has 3 heterocycles. The highest BCUT2D eigenvalue weighted by atomic mass is 19.1. The van der Waals surface area contributed by atoms with Crippen LogP contribution in [0.15, 0.2) is 47.3 Å². The first-order valence-corrected chi connectivity index (χ1v) is 7.94. The lowest BCUT2D eigenvalue weighted by Crippen LogP contribution is -2.34. The van der Waals surface area contributed by atoms with E-state index < -0.39 is 0 Å². The maximum Gasteiger partial charge on any atom is 0.257 e. The van der Waals surface area contributed by atoms with E-state index in [1.807, 2.05) is 0 Å². The molecule has 2 aliphatic rings. The number of hydrogen-bond acceptors (Lipinski definition) is 3. The molecule has 1 aromatic carbocycles. The Morgan fingerprint density at radius 2 is 2.12 bits per heavy atom. The molecule has 1 atom stereocenters. The first-order chi connectivity index (χ1) is 11.6. The molecular formula is C18H17FN2O3.